The molecule has 0 saturated carbocycles. The molecule has 1 fully saturated rings. The van der Waals surface area contributed by atoms with Gasteiger partial charge in [-0.1, -0.05) is 12.1 Å². The molecule has 0 amide bonds. The largest absolute Gasteiger partial charge is 0.495 e. The van der Waals surface area contributed by atoms with Gasteiger partial charge < -0.3 is 25.6 Å². The molecule has 8 nitrogen and oxygen atoms in total. The van der Waals surface area contributed by atoms with Crippen molar-refractivity contribution in [3.63, 3.8) is 0 Å². The number of rotatable bonds is 5. The van der Waals surface area contributed by atoms with Gasteiger partial charge >= 0.3 is 0 Å². The molecule has 0 bridgehead atoms. The average Bonchev–Trinajstić information content (AvgIpc) is 2.76. The fourth-order valence-electron chi connectivity index (χ4n) is 3.47. The molecule has 1 aromatic carbocycles. The van der Waals surface area contributed by atoms with E-state index in [1.165, 1.54) is 0 Å². The highest BCUT2D eigenvalue weighted by molar-refractivity contribution is 5.80. The molecule has 1 saturated heterocycles. The number of nitrogens with zero attached hydrogens (tertiary/aromatic N) is 5. The number of nitrogen functional groups attached to an aromatic ring is 1. The predicted molar refractivity (Wildman–Crippen MR) is 116 cm³/mol. The molecule has 29 heavy (non-hydrogen) atoms. The molecule has 0 radical (unpaired) electrons. The minimum atomic E-state index is 0.530. The molecule has 0 atom stereocenters. The van der Waals surface area contributed by atoms with Gasteiger partial charge in [-0.05, 0) is 36.8 Å². The second-order valence-corrected chi connectivity index (χ2v) is 6.95. The lowest BCUT2D eigenvalue weighted by atomic mass is 10.2. The lowest BCUT2D eigenvalue weighted by Crippen LogP contribution is -2.47. The van der Waals surface area contributed by atoms with E-state index >= 15 is 0 Å². The van der Waals surface area contributed by atoms with E-state index in [9.17, 15) is 0 Å². The third-order valence-electron chi connectivity index (χ3n) is 5.02. The fourth-order valence-corrected chi connectivity index (χ4v) is 3.47. The van der Waals surface area contributed by atoms with Crippen LogP contribution in [0.1, 0.15) is 5.56 Å². The van der Waals surface area contributed by atoms with Gasteiger partial charge in [0.05, 0.1) is 12.8 Å². The first-order valence-electron chi connectivity index (χ1n) is 9.59. The summed E-state index contributed by atoms with van der Waals surface area (Å²) in [5, 5.41) is 3.30. The summed E-state index contributed by atoms with van der Waals surface area (Å²) in [7, 11) is 1.64. The molecule has 1 aliphatic heterocycles. The Bertz CT molecular complexity index is 972. The van der Waals surface area contributed by atoms with Crippen molar-refractivity contribution in [1.82, 2.24) is 15.0 Å². The fraction of sp³-hybridized carbons (Fsp3) is 0.286. The summed E-state index contributed by atoms with van der Waals surface area (Å²) in [4.78, 5) is 17.7. The van der Waals surface area contributed by atoms with Gasteiger partial charge in [0.2, 0.25) is 0 Å². The van der Waals surface area contributed by atoms with Crippen LogP contribution in [0.15, 0.2) is 48.9 Å². The number of hydrogen-bond acceptors (Lipinski definition) is 8. The summed E-state index contributed by atoms with van der Waals surface area (Å²) in [5.74, 6) is 3.05. The highest BCUT2D eigenvalue weighted by Gasteiger charge is 2.22. The van der Waals surface area contributed by atoms with Crippen LogP contribution >= 0.6 is 0 Å². The minimum Gasteiger partial charge on any atom is -0.495 e. The van der Waals surface area contributed by atoms with Crippen LogP contribution in [0, 0.1) is 6.92 Å². The van der Waals surface area contributed by atoms with Crippen molar-refractivity contribution in [1.29, 1.82) is 0 Å². The van der Waals surface area contributed by atoms with Crippen LogP contribution in [0.5, 0.6) is 5.75 Å². The van der Waals surface area contributed by atoms with Gasteiger partial charge in [-0.25, -0.2) is 15.0 Å². The maximum atomic E-state index is 6.44. The number of anilines is 5. The maximum Gasteiger partial charge on any atom is 0.159 e. The summed E-state index contributed by atoms with van der Waals surface area (Å²) < 4.78 is 5.44. The zero-order chi connectivity index (χ0) is 20.2. The zero-order valence-electron chi connectivity index (χ0n) is 16.7. The first-order chi connectivity index (χ1) is 14.2. The van der Waals surface area contributed by atoms with Crippen molar-refractivity contribution in [2.75, 3.05) is 54.1 Å². The molecule has 1 aliphatic rings. The number of methoxy groups -OCH3 is 1. The number of pyridine rings is 1. The van der Waals surface area contributed by atoms with Gasteiger partial charge in [0.25, 0.3) is 0 Å². The zero-order valence-corrected chi connectivity index (χ0v) is 16.7. The Balaban J connectivity index is 1.51. The monoisotopic (exact) mass is 391 g/mol. The predicted octanol–water partition coefficient (Wildman–Crippen LogP) is 2.84. The Morgan fingerprint density at radius 1 is 1.00 bits per heavy atom. The van der Waals surface area contributed by atoms with E-state index in [-0.39, 0.29) is 0 Å². The van der Waals surface area contributed by atoms with Crippen molar-refractivity contribution in [2.24, 2.45) is 0 Å². The Morgan fingerprint density at radius 3 is 2.52 bits per heavy atom. The van der Waals surface area contributed by atoms with Crippen LogP contribution in [0.25, 0.3) is 0 Å². The second kappa shape index (κ2) is 8.22. The number of hydrogen-bond donors (Lipinski definition) is 2. The van der Waals surface area contributed by atoms with Crippen LogP contribution in [-0.2, 0) is 0 Å². The molecular weight excluding hydrogens is 366 g/mol. The first-order valence-corrected chi connectivity index (χ1v) is 9.59. The number of aryl methyl sites for hydroxylation is 1. The van der Waals surface area contributed by atoms with Gasteiger partial charge in [-0.3, -0.25) is 0 Å². The Hall–Kier alpha value is -3.55. The molecule has 0 aliphatic carbocycles. The molecule has 150 valence electrons. The smallest absolute Gasteiger partial charge is 0.159 e. The number of benzene rings is 1. The third-order valence-corrected chi connectivity index (χ3v) is 5.02. The second-order valence-electron chi connectivity index (χ2n) is 6.95. The van der Waals surface area contributed by atoms with Crippen LogP contribution < -0.4 is 25.6 Å². The van der Waals surface area contributed by atoms with E-state index in [0.29, 0.717) is 11.5 Å². The standard InChI is InChI=1S/C21H25N7O/c1-15-6-7-17(29-2)16(13-15)26-20-19(22)21(25-14-24-20)28-11-9-27(10-12-28)18-5-3-4-8-23-18/h3-8,13-14H,9-12,22H2,1-2H3,(H,24,25,26). The highest BCUT2D eigenvalue weighted by atomic mass is 16.5. The van der Waals surface area contributed by atoms with Crippen molar-refractivity contribution < 1.29 is 4.74 Å². The lowest BCUT2D eigenvalue weighted by molar-refractivity contribution is 0.416. The molecule has 3 N–H and O–H groups in total. The van der Waals surface area contributed by atoms with Crippen LogP contribution in [0.4, 0.5) is 28.8 Å². The molecule has 0 unspecified atom stereocenters. The minimum absolute atomic E-state index is 0.530. The Kier molecular flexibility index (Phi) is 5.33. The maximum absolute atomic E-state index is 6.44. The van der Waals surface area contributed by atoms with E-state index in [2.05, 4.69) is 30.1 Å². The van der Waals surface area contributed by atoms with Crippen molar-refractivity contribution in [3.05, 3.63) is 54.5 Å². The normalized spacial score (nSPS) is 14.0. The number of nitrogens with two attached hydrogens (primary N) is 1. The molecule has 4 rings (SSSR count). The van der Waals surface area contributed by atoms with Crippen molar-refractivity contribution in [2.45, 2.75) is 6.92 Å². The van der Waals surface area contributed by atoms with Gasteiger partial charge in [0.1, 0.15) is 23.6 Å². The van der Waals surface area contributed by atoms with E-state index in [0.717, 1.165) is 54.8 Å². The summed E-state index contributed by atoms with van der Waals surface area (Å²) in [5.41, 5.74) is 8.91. The summed E-state index contributed by atoms with van der Waals surface area (Å²) in [6.07, 6.45) is 3.36. The van der Waals surface area contributed by atoms with Crippen LogP contribution in [0.2, 0.25) is 0 Å². The Labute approximate surface area is 170 Å². The van der Waals surface area contributed by atoms with Gasteiger partial charge in [0.15, 0.2) is 11.6 Å². The van der Waals surface area contributed by atoms with Gasteiger partial charge in [-0.2, -0.15) is 0 Å². The van der Waals surface area contributed by atoms with Crippen molar-refractivity contribution in [3.8, 4) is 5.75 Å². The van der Waals surface area contributed by atoms with Gasteiger partial charge in [0, 0.05) is 32.4 Å². The molecular formula is C21H25N7O. The van der Waals surface area contributed by atoms with E-state index < -0.39 is 0 Å². The van der Waals surface area contributed by atoms with E-state index in [1.54, 1.807) is 13.4 Å². The number of ether oxygens (including phenoxy) is 1. The number of nitrogens with one attached hydrogen (secondary N) is 1. The summed E-state index contributed by atoms with van der Waals surface area (Å²) in [6.45, 7) is 5.36. The molecule has 3 aromatic rings. The van der Waals surface area contributed by atoms with Crippen LogP contribution in [-0.4, -0.2) is 48.2 Å². The van der Waals surface area contributed by atoms with Gasteiger partial charge in [-0.15, -0.1) is 0 Å². The van der Waals surface area contributed by atoms with Crippen LogP contribution in [0.3, 0.4) is 0 Å². The summed E-state index contributed by atoms with van der Waals surface area (Å²) >= 11 is 0. The topological polar surface area (TPSA) is 92.4 Å². The molecule has 3 heterocycles. The highest BCUT2D eigenvalue weighted by Crippen LogP contribution is 2.33. The first kappa shape index (κ1) is 18.8. The Morgan fingerprint density at radius 2 is 1.79 bits per heavy atom. The number of piperazine rings is 1. The SMILES string of the molecule is COc1ccc(C)cc1Nc1ncnc(N2CCN(c3ccccn3)CC2)c1N. The van der Waals surface area contributed by atoms with E-state index in [4.69, 9.17) is 10.5 Å². The molecule has 0 spiro atoms. The quantitative estimate of drug-likeness (QED) is 0.686. The van der Waals surface area contributed by atoms with E-state index in [1.807, 2.05) is 49.5 Å². The molecule has 8 heteroatoms. The van der Waals surface area contributed by atoms with Crippen molar-refractivity contribution >= 4 is 28.8 Å². The average molecular weight is 391 g/mol. The third kappa shape index (κ3) is 4.01. The molecule has 2 aromatic heterocycles. The lowest BCUT2D eigenvalue weighted by Gasteiger charge is -2.36. The summed E-state index contributed by atoms with van der Waals surface area (Å²) in [6, 6.07) is 11.9. The number of aromatic nitrogens is 3.